The van der Waals surface area contributed by atoms with Crippen molar-refractivity contribution in [2.45, 2.75) is 64.7 Å². The zero-order valence-electron chi connectivity index (χ0n) is 25.1. The van der Waals surface area contributed by atoms with Gasteiger partial charge in [-0.2, -0.15) is 5.10 Å². The molecule has 6 rings (SSSR count). The summed E-state index contributed by atoms with van der Waals surface area (Å²) in [7, 11) is 0. The summed E-state index contributed by atoms with van der Waals surface area (Å²) < 4.78 is 51.6. The molecule has 0 amide bonds. The van der Waals surface area contributed by atoms with E-state index >= 15 is 0 Å². The summed E-state index contributed by atoms with van der Waals surface area (Å²) in [6, 6.07) is 8.36. The van der Waals surface area contributed by atoms with E-state index in [1.807, 2.05) is 31.2 Å². The number of aliphatic hydroxyl groups excluding tert-OH is 1. The number of aliphatic hydroxyl groups is 1. The van der Waals surface area contributed by atoms with Crippen molar-refractivity contribution in [2.75, 3.05) is 32.8 Å². The first-order valence-corrected chi connectivity index (χ1v) is 15.3. The largest absolute Gasteiger partial charge is 0.464 e. The number of aryl methyl sites for hydroxylation is 1. The number of halogens is 3. The molecular weight excluding hydrogens is 571 g/mol. The summed E-state index contributed by atoms with van der Waals surface area (Å²) in [4.78, 5) is 20.0. The molecule has 0 spiro atoms. The number of fused-ring (bicyclic) bond motifs is 2. The van der Waals surface area contributed by atoms with E-state index in [2.05, 4.69) is 15.0 Å². The van der Waals surface area contributed by atoms with Crippen LogP contribution in [-0.2, 0) is 28.9 Å². The van der Waals surface area contributed by atoms with E-state index < -0.39 is 24.6 Å². The lowest BCUT2D eigenvalue weighted by Gasteiger charge is -2.31. The van der Waals surface area contributed by atoms with Crippen molar-refractivity contribution in [1.29, 1.82) is 0 Å². The molecule has 4 heterocycles. The van der Waals surface area contributed by atoms with Crippen molar-refractivity contribution in [3.05, 3.63) is 70.9 Å². The molecule has 1 fully saturated rings. The van der Waals surface area contributed by atoms with Crippen molar-refractivity contribution < 1.29 is 27.8 Å². The number of carbonyl (C=O) groups excluding carboxylic acids is 1. The van der Waals surface area contributed by atoms with Gasteiger partial charge in [-0.3, -0.25) is 4.68 Å². The highest BCUT2D eigenvalue weighted by Crippen LogP contribution is 2.38. The molecule has 2 atom stereocenters. The van der Waals surface area contributed by atoms with Crippen LogP contribution in [0.15, 0.2) is 42.9 Å². The Hall–Kier alpha value is -3.70. The van der Waals surface area contributed by atoms with Crippen LogP contribution in [0.1, 0.15) is 60.3 Å². The maximum atomic E-state index is 14.5. The van der Waals surface area contributed by atoms with Crippen molar-refractivity contribution in [3.63, 3.8) is 0 Å². The molecule has 1 saturated heterocycles. The van der Waals surface area contributed by atoms with Crippen LogP contribution >= 0.6 is 0 Å². The van der Waals surface area contributed by atoms with Gasteiger partial charge in [0.2, 0.25) is 0 Å². The fourth-order valence-corrected chi connectivity index (χ4v) is 6.58. The van der Waals surface area contributed by atoms with Crippen LogP contribution in [0.25, 0.3) is 22.0 Å². The number of imidazole rings is 1. The van der Waals surface area contributed by atoms with Crippen molar-refractivity contribution in [3.8, 4) is 11.1 Å². The molecule has 2 aliphatic heterocycles. The average molecular weight is 610 g/mol. The summed E-state index contributed by atoms with van der Waals surface area (Å²) in [6.07, 6.45) is 2.11. The number of benzene rings is 2. The Kier molecular flexibility index (Phi) is 8.77. The number of rotatable bonds is 10. The molecule has 44 heavy (non-hydrogen) atoms. The quantitative estimate of drug-likeness (QED) is 0.241. The zero-order valence-corrected chi connectivity index (χ0v) is 25.1. The van der Waals surface area contributed by atoms with E-state index in [9.17, 15) is 23.1 Å². The Morgan fingerprint density at radius 3 is 2.61 bits per heavy atom. The van der Waals surface area contributed by atoms with Gasteiger partial charge in [-0.15, -0.1) is 0 Å². The maximum Gasteiger partial charge on any atom is 0.337 e. The highest BCUT2D eigenvalue weighted by molar-refractivity contribution is 5.92. The van der Waals surface area contributed by atoms with Gasteiger partial charge in [0.05, 0.1) is 30.7 Å². The fraction of sp³-hybridized carbons (Fsp3) is 0.485. The lowest BCUT2D eigenvalue weighted by molar-refractivity contribution is -0.146. The maximum absolute atomic E-state index is 14.5. The molecule has 11 heteroatoms. The van der Waals surface area contributed by atoms with Crippen molar-refractivity contribution in [2.24, 2.45) is 5.92 Å². The van der Waals surface area contributed by atoms with Gasteiger partial charge >= 0.3 is 5.97 Å². The van der Waals surface area contributed by atoms with Crippen LogP contribution < -0.4 is 0 Å². The second-order valence-corrected chi connectivity index (χ2v) is 11.9. The summed E-state index contributed by atoms with van der Waals surface area (Å²) >= 11 is 0. The van der Waals surface area contributed by atoms with Gasteiger partial charge in [-0.25, -0.2) is 22.9 Å². The first-order chi connectivity index (χ1) is 21.3. The van der Waals surface area contributed by atoms with Crippen LogP contribution in [0.4, 0.5) is 13.2 Å². The Bertz CT molecular complexity index is 1630. The first-order valence-electron chi connectivity index (χ1n) is 15.3. The summed E-state index contributed by atoms with van der Waals surface area (Å²) in [6.45, 7) is 6.96. The number of hydrogen-bond acceptors (Lipinski definition) is 6. The zero-order chi connectivity index (χ0) is 31.0. The molecule has 0 radical (unpaired) electrons. The molecule has 8 nitrogen and oxygen atoms in total. The number of ether oxygens (including phenoxy) is 1. The minimum absolute atomic E-state index is 0.107. The summed E-state index contributed by atoms with van der Waals surface area (Å²) in [5.41, 5.74) is 4.41. The Morgan fingerprint density at radius 2 is 1.93 bits per heavy atom. The van der Waals surface area contributed by atoms with Crippen LogP contribution in [-0.4, -0.2) is 74.3 Å². The predicted molar refractivity (Wildman–Crippen MR) is 160 cm³/mol. The Labute approximate surface area is 254 Å². The minimum Gasteiger partial charge on any atom is -0.464 e. The van der Waals surface area contributed by atoms with Crippen molar-refractivity contribution >= 4 is 16.9 Å². The molecule has 2 aromatic carbocycles. The number of nitrogens with zero attached hydrogens (tertiary/aromatic N) is 5. The summed E-state index contributed by atoms with van der Waals surface area (Å²) in [5.74, 6) is -0.226. The van der Waals surface area contributed by atoms with Crippen LogP contribution in [0.5, 0.6) is 0 Å². The van der Waals surface area contributed by atoms with E-state index in [0.717, 1.165) is 50.0 Å². The molecule has 2 aromatic heterocycles. The molecule has 0 bridgehead atoms. The molecular formula is C33H38F3N5O3. The third kappa shape index (κ3) is 5.87. The minimum atomic E-state index is -2.77. The lowest BCUT2D eigenvalue weighted by atomic mass is 9.94. The number of likely N-dealkylation sites (tertiary alicyclic amines) is 1. The number of carbonyl (C=O) groups is 1. The van der Waals surface area contributed by atoms with Crippen LogP contribution in [0.2, 0.25) is 0 Å². The highest BCUT2D eigenvalue weighted by Gasteiger charge is 2.35. The van der Waals surface area contributed by atoms with Crippen molar-refractivity contribution in [1.82, 2.24) is 24.2 Å². The normalized spacial score (nSPS) is 18.3. The second-order valence-electron chi connectivity index (χ2n) is 11.9. The molecule has 234 valence electrons. The molecule has 0 saturated carbocycles. The molecule has 2 aliphatic rings. The predicted octanol–water partition coefficient (Wildman–Crippen LogP) is 5.44. The van der Waals surface area contributed by atoms with Crippen LogP contribution in [0.3, 0.4) is 0 Å². The lowest BCUT2D eigenvalue weighted by Crippen LogP contribution is -2.36. The number of hydrogen-bond donors (Lipinski definition) is 1. The SMILES string of the molecule is CCOC(=O)C(c1ncn2c1C[C@@H](F)C2)n1cc2c(C(F)F)cc(-c3ccc(CCN4CCC(CO)CC4)cc3)c(C)c2n1. The summed E-state index contributed by atoms with van der Waals surface area (Å²) in [5, 5.41) is 14.3. The van der Waals surface area contributed by atoms with E-state index in [1.165, 1.54) is 23.3 Å². The van der Waals surface area contributed by atoms with Gasteiger partial charge in [-0.05, 0) is 80.4 Å². The van der Waals surface area contributed by atoms with E-state index in [4.69, 9.17) is 4.74 Å². The Morgan fingerprint density at radius 1 is 1.18 bits per heavy atom. The highest BCUT2D eigenvalue weighted by atomic mass is 19.3. The monoisotopic (exact) mass is 609 g/mol. The number of esters is 1. The third-order valence-corrected chi connectivity index (χ3v) is 9.11. The van der Waals surface area contributed by atoms with Gasteiger partial charge in [-0.1, -0.05) is 24.3 Å². The number of alkyl halides is 3. The standard InChI is InChI=1S/C33H38F3N5O3/c1-3-44-33(43)31(30-28-14-24(34)16-40(28)19-37-30)41-17-27-26(32(35)36)15-25(20(2)29(27)38-41)23-6-4-21(5-7-23)8-11-39-12-9-22(18-42)10-13-39/h4-7,15,17,19,22,24,31-32,42H,3,8-14,16,18H2,1-2H3/t24-,31?/m1/s1. The van der Waals surface area contributed by atoms with E-state index in [0.29, 0.717) is 33.9 Å². The second kappa shape index (κ2) is 12.7. The van der Waals surface area contributed by atoms with E-state index in [1.54, 1.807) is 11.5 Å². The topological polar surface area (TPSA) is 85.4 Å². The van der Waals surface area contributed by atoms with Gasteiger partial charge in [0.25, 0.3) is 6.43 Å². The fourth-order valence-electron chi connectivity index (χ4n) is 6.58. The van der Waals surface area contributed by atoms with Gasteiger partial charge in [0, 0.05) is 42.4 Å². The molecule has 1 N–H and O–H groups in total. The van der Waals surface area contributed by atoms with Gasteiger partial charge in [0.15, 0.2) is 6.04 Å². The Balaban J connectivity index is 1.31. The average Bonchev–Trinajstić information content (AvgIpc) is 3.72. The number of piperidine rings is 1. The first kappa shape index (κ1) is 30.3. The van der Waals surface area contributed by atoms with Gasteiger partial charge < -0.3 is 19.3 Å². The van der Waals surface area contributed by atoms with Crippen LogP contribution in [0, 0.1) is 12.8 Å². The molecule has 0 aliphatic carbocycles. The molecule has 1 unspecified atom stereocenters. The molecule has 4 aromatic rings. The van der Waals surface area contributed by atoms with Gasteiger partial charge in [0.1, 0.15) is 6.17 Å². The smallest absolute Gasteiger partial charge is 0.337 e. The van der Waals surface area contributed by atoms with E-state index in [-0.39, 0.29) is 37.1 Å². The number of aromatic nitrogens is 4. The third-order valence-electron chi connectivity index (χ3n) is 9.11.